The number of fused-ring (bicyclic) bond motifs is 2. The Bertz CT molecular complexity index is 538. The van der Waals surface area contributed by atoms with Crippen LogP contribution in [-0.4, -0.2) is 31.1 Å². The van der Waals surface area contributed by atoms with E-state index in [9.17, 15) is 0 Å². The Morgan fingerprint density at radius 2 is 1.91 bits per heavy atom. The third-order valence-corrected chi connectivity index (χ3v) is 6.82. The second kappa shape index (κ2) is 6.16. The molecule has 1 aromatic rings. The lowest BCUT2D eigenvalue weighted by Gasteiger charge is -2.40. The first-order valence-corrected chi connectivity index (χ1v) is 9.61. The van der Waals surface area contributed by atoms with Crippen LogP contribution < -0.4 is 4.74 Å². The second-order valence-corrected chi connectivity index (χ2v) is 8.35. The zero-order valence-electron chi connectivity index (χ0n) is 13.4. The van der Waals surface area contributed by atoms with Crippen LogP contribution in [0.5, 0.6) is 5.75 Å². The van der Waals surface area contributed by atoms with E-state index in [-0.39, 0.29) is 0 Å². The minimum absolute atomic E-state index is 0.655. The maximum atomic E-state index is 5.59. The van der Waals surface area contributed by atoms with Crippen molar-refractivity contribution in [3.63, 3.8) is 0 Å². The Morgan fingerprint density at radius 1 is 1.09 bits per heavy atom. The van der Waals surface area contributed by atoms with Crippen molar-refractivity contribution in [3.05, 3.63) is 28.2 Å². The van der Waals surface area contributed by atoms with Crippen LogP contribution in [0.2, 0.25) is 0 Å². The predicted octanol–water partition coefficient (Wildman–Crippen LogP) is 4.83. The van der Waals surface area contributed by atoms with Crippen molar-refractivity contribution in [3.8, 4) is 5.75 Å². The molecule has 0 N–H and O–H groups in total. The van der Waals surface area contributed by atoms with Gasteiger partial charge in [0.2, 0.25) is 0 Å². The van der Waals surface area contributed by atoms with Gasteiger partial charge in [-0.2, -0.15) is 0 Å². The summed E-state index contributed by atoms with van der Waals surface area (Å²) in [5.74, 6) is 3.78. The molecule has 1 aromatic carbocycles. The number of ether oxygens (including phenoxy) is 1. The molecule has 2 nitrogen and oxygen atoms in total. The third kappa shape index (κ3) is 2.71. The molecule has 2 bridgehead atoms. The fourth-order valence-electron chi connectivity index (χ4n) is 5.22. The summed E-state index contributed by atoms with van der Waals surface area (Å²) >= 11 is 3.61. The first-order chi connectivity index (χ1) is 10.7. The molecule has 0 amide bonds. The number of halogens is 1. The number of benzene rings is 1. The standard InChI is InChI=1S/C19H26BrNO/c1-22-19-5-4-16(20)12-17(19)14-6-8-21(9-7-14)18-11-13-2-3-15(18)10-13/h4-5,12-15,18H,2-3,6-11H2,1H3/t13-,15+,18-/m1/s1. The van der Waals surface area contributed by atoms with Gasteiger partial charge >= 0.3 is 0 Å². The lowest BCUT2D eigenvalue weighted by Crippen LogP contribution is -2.43. The van der Waals surface area contributed by atoms with Crippen LogP contribution in [0.4, 0.5) is 0 Å². The molecule has 4 rings (SSSR count). The van der Waals surface area contributed by atoms with Crippen molar-refractivity contribution < 1.29 is 4.74 Å². The lowest BCUT2D eigenvalue weighted by molar-refractivity contribution is 0.110. The fraction of sp³-hybridized carbons (Fsp3) is 0.684. The van der Waals surface area contributed by atoms with Gasteiger partial charge < -0.3 is 9.64 Å². The van der Waals surface area contributed by atoms with E-state index in [4.69, 9.17) is 4.74 Å². The molecule has 1 heterocycles. The number of methoxy groups -OCH3 is 1. The molecule has 0 radical (unpaired) electrons. The summed E-state index contributed by atoms with van der Waals surface area (Å²) in [5.41, 5.74) is 1.39. The molecule has 120 valence electrons. The van der Waals surface area contributed by atoms with Gasteiger partial charge in [0.1, 0.15) is 5.75 Å². The Labute approximate surface area is 142 Å². The van der Waals surface area contributed by atoms with Crippen molar-refractivity contribution in [1.29, 1.82) is 0 Å². The summed E-state index contributed by atoms with van der Waals surface area (Å²) in [5, 5.41) is 0. The van der Waals surface area contributed by atoms with Crippen LogP contribution in [0, 0.1) is 11.8 Å². The summed E-state index contributed by atoms with van der Waals surface area (Å²) in [6.45, 7) is 2.54. The van der Waals surface area contributed by atoms with Crippen molar-refractivity contribution in [2.45, 2.75) is 50.5 Å². The molecule has 1 aliphatic heterocycles. The molecule has 3 heteroatoms. The zero-order chi connectivity index (χ0) is 15.1. The van der Waals surface area contributed by atoms with Crippen LogP contribution >= 0.6 is 15.9 Å². The number of rotatable bonds is 3. The van der Waals surface area contributed by atoms with Crippen molar-refractivity contribution in [2.24, 2.45) is 11.8 Å². The van der Waals surface area contributed by atoms with Gasteiger partial charge in [0.05, 0.1) is 7.11 Å². The molecule has 0 unspecified atom stereocenters. The maximum Gasteiger partial charge on any atom is 0.122 e. The van der Waals surface area contributed by atoms with Gasteiger partial charge in [0.15, 0.2) is 0 Å². The van der Waals surface area contributed by atoms with Gasteiger partial charge in [-0.25, -0.2) is 0 Å². The Hall–Kier alpha value is -0.540. The highest BCUT2D eigenvalue weighted by Gasteiger charge is 2.42. The highest BCUT2D eigenvalue weighted by molar-refractivity contribution is 9.10. The van der Waals surface area contributed by atoms with Crippen molar-refractivity contribution in [2.75, 3.05) is 20.2 Å². The molecule has 3 fully saturated rings. The van der Waals surface area contributed by atoms with Crippen LogP contribution in [0.1, 0.15) is 50.0 Å². The molecule has 2 saturated carbocycles. The summed E-state index contributed by atoms with van der Waals surface area (Å²) in [6, 6.07) is 7.34. The molecular formula is C19H26BrNO. The number of piperidine rings is 1. The molecule has 1 saturated heterocycles. The van der Waals surface area contributed by atoms with Gasteiger partial charge in [0.25, 0.3) is 0 Å². The monoisotopic (exact) mass is 363 g/mol. The number of hydrogen-bond donors (Lipinski definition) is 0. The topological polar surface area (TPSA) is 12.5 Å². The average molecular weight is 364 g/mol. The van der Waals surface area contributed by atoms with Gasteiger partial charge in [0, 0.05) is 10.5 Å². The third-order valence-electron chi connectivity index (χ3n) is 6.33. The van der Waals surface area contributed by atoms with Gasteiger partial charge in [-0.15, -0.1) is 0 Å². The average Bonchev–Trinajstić information content (AvgIpc) is 3.18. The SMILES string of the molecule is COc1ccc(Br)cc1C1CCN([C@@H]2C[C@@H]3CC[C@H]2C3)CC1. The predicted molar refractivity (Wildman–Crippen MR) is 93.5 cm³/mol. The van der Waals surface area contributed by atoms with E-state index >= 15 is 0 Å². The maximum absolute atomic E-state index is 5.59. The first kappa shape index (κ1) is 15.0. The van der Waals surface area contributed by atoms with Crippen molar-refractivity contribution >= 4 is 15.9 Å². The van der Waals surface area contributed by atoms with E-state index in [0.717, 1.165) is 23.6 Å². The highest BCUT2D eigenvalue weighted by atomic mass is 79.9. The van der Waals surface area contributed by atoms with Crippen LogP contribution in [0.3, 0.4) is 0 Å². The summed E-state index contributed by atoms with van der Waals surface area (Å²) in [7, 11) is 1.79. The molecule has 2 aliphatic carbocycles. The zero-order valence-corrected chi connectivity index (χ0v) is 15.0. The van der Waals surface area contributed by atoms with E-state index < -0.39 is 0 Å². The van der Waals surface area contributed by atoms with E-state index in [1.54, 1.807) is 7.11 Å². The van der Waals surface area contributed by atoms with E-state index in [1.165, 1.54) is 61.7 Å². The second-order valence-electron chi connectivity index (χ2n) is 7.44. The smallest absolute Gasteiger partial charge is 0.122 e. The lowest BCUT2D eigenvalue weighted by atomic mass is 9.86. The minimum Gasteiger partial charge on any atom is -0.496 e. The van der Waals surface area contributed by atoms with E-state index in [2.05, 4.69) is 39.0 Å². The normalized spacial score (nSPS) is 32.5. The Kier molecular flexibility index (Phi) is 4.21. The van der Waals surface area contributed by atoms with Crippen LogP contribution in [-0.2, 0) is 0 Å². The first-order valence-electron chi connectivity index (χ1n) is 8.82. The summed E-state index contributed by atoms with van der Waals surface area (Å²) < 4.78 is 6.75. The van der Waals surface area contributed by atoms with Crippen LogP contribution in [0.25, 0.3) is 0 Å². The summed E-state index contributed by atoms with van der Waals surface area (Å²) in [6.07, 6.45) is 8.56. The van der Waals surface area contributed by atoms with E-state index in [1.807, 2.05) is 0 Å². The van der Waals surface area contributed by atoms with Gasteiger partial charge in [-0.1, -0.05) is 22.4 Å². The Balaban J connectivity index is 1.43. The fourth-order valence-corrected chi connectivity index (χ4v) is 5.60. The van der Waals surface area contributed by atoms with Gasteiger partial charge in [-0.3, -0.25) is 0 Å². The number of hydrogen-bond acceptors (Lipinski definition) is 2. The Morgan fingerprint density at radius 3 is 2.55 bits per heavy atom. The molecule has 3 aliphatic rings. The summed E-state index contributed by atoms with van der Waals surface area (Å²) in [4.78, 5) is 2.81. The molecule has 3 atom stereocenters. The minimum atomic E-state index is 0.655. The molecule has 0 aromatic heterocycles. The van der Waals surface area contributed by atoms with Crippen LogP contribution in [0.15, 0.2) is 22.7 Å². The number of nitrogens with zero attached hydrogens (tertiary/aromatic N) is 1. The van der Waals surface area contributed by atoms with Gasteiger partial charge in [-0.05, 0) is 86.7 Å². The molecule has 22 heavy (non-hydrogen) atoms. The van der Waals surface area contributed by atoms with Crippen molar-refractivity contribution in [1.82, 2.24) is 4.90 Å². The quantitative estimate of drug-likeness (QED) is 0.762. The largest absolute Gasteiger partial charge is 0.496 e. The molecular weight excluding hydrogens is 338 g/mol. The number of likely N-dealkylation sites (tertiary alicyclic amines) is 1. The highest BCUT2D eigenvalue weighted by Crippen LogP contribution is 2.48. The molecule has 0 spiro atoms. The van der Waals surface area contributed by atoms with E-state index in [0.29, 0.717) is 5.92 Å².